The fourth-order valence-electron chi connectivity index (χ4n) is 2.22. The highest BCUT2D eigenvalue weighted by molar-refractivity contribution is 9.11. The Balaban J connectivity index is 1.83. The van der Waals surface area contributed by atoms with Gasteiger partial charge in [0.25, 0.3) is 0 Å². The topological polar surface area (TPSA) is 35.5 Å². The van der Waals surface area contributed by atoms with Crippen LogP contribution in [0.5, 0.6) is 0 Å². The number of hydrogen-bond donors (Lipinski definition) is 0. The van der Waals surface area contributed by atoms with E-state index in [0.29, 0.717) is 6.42 Å². The molecule has 0 saturated carbocycles. The molecule has 4 heteroatoms. The molecule has 2 aliphatic heterocycles. The monoisotopic (exact) mass is 300 g/mol. The van der Waals surface area contributed by atoms with E-state index in [1.54, 1.807) is 0 Å². The Labute approximate surface area is 110 Å². The zero-order chi connectivity index (χ0) is 12.3. The molecular weight excluding hydrogens is 284 g/mol. The van der Waals surface area contributed by atoms with Crippen molar-refractivity contribution < 1.29 is 14.3 Å². The van der Waals surface area contributed by atoms with E-state index in [9.17, 15) is 4.79 Å². The summed E-state index contributed by atoms with van der Waals surface area (Å²) in [7, 11) is 0. The van der Waals surface area contributed by atoms with Crippen LogP contribution in [-0.4, -0.2) is 30.7 Å². The summed E-state index contributed by atoms with van der Waals surface area (Å²) >= 11 is 3.46. The van der Waals surface area contributed by atoms with E-state index in [2.05, 4.69) is 28.9 Å². The van der Waals surface area contributed by atoms with E-state index < -0.39 is 0 Å². The minimum absolute atomic E-state index is 0.0958. The maximum absolute atomic E-state index is 10.6. The molecule has 0 aliphatic carbocycles. The van der Waals surface area contributed by atoms with Crippen LogP contribution in [0.25, 0.3) is 0 Å². The van der Waals surface area contributed by atoms with Crippen molar-refractivity contribution in [1.82, 2.24) is 0 Å². The van der Waals surface area contributed by atoms with Gasteiger partial charge in [-0.2, -0.15) is 0 Å². The van der Waals surface area contributed by atoms with Crippen molar-refractivity contribution in [1.29, 1.82) is 0 Å². The van der Waals surface area contributed by atoms with E-state index in [1.807, 2.05) is 12.2 Å². The first-order valence-electron chi connectivity index (χ1n) is 6.02. The van der Waals surface area contributed by atoms with Crippen LogP contribution >= 0.6 is 15.9 Å². The van der Waals surface area contributed by atoms with Crippen molar-refractivity contribution in [3.05, 3.63) is 22.7 Å². The van der Waals surface area contributed by atoms with Crippen molar-refractivity contribution >= 4 is 22.2 Å². The Hall–Kier alpha value is -0.450. The molecule has 0 aromatic heterocycles. The Morgan fingerprint density at radius 3 is 2.59 bits per heavy atom. The molecule has 2 heterocycles. The lowest BCUT2D eigenvalue weighted by atomic mass is 10.1. The predicted molar refractivity (Wildman–Crippen MR) is 69.1 cm³/mol. The van der Waals surface area contributed by atoms with Gasteiger partial charge in [0.15, 0.2) is 0 Å². The normalized spacial score (nSPS) is 37.6. The summed E-state index contributed by atoms with van der Waals surface area (Å²) in [5.41, 5.74) is 0. The van der Waals surface area contributed by atoms with Crippen LogP contribution < -0.4 is 0 Å². The van der Waals surface area contributed by atoms with Gasteiger partial charge < -0.3 is 14.3 Å². The molecule has 0 N–H and O–H groups in total. The predicted octanol–water partition coefficient (Wildman–Crippen LogP) is 2.75. The zero-order valence-electron chi connectivity index (χ0n) is 9.84. The maximum atomic E-state index is 10.6. The SMILES string of the molecule is CC/C(Br)=C\C=C\[C@H]1C[C@@H]2O[C@@H](C=O)C[C@@H]2O1. The molecule has 3 nitrogen and oxygen atoms in total. The molecule has 2 aliphatic rings. The van der Waals surface area contributed by atoms with Crippen molar-refractivity contribution in [3.8, 4) is 0 Å². The Morgan fingerprint density at radius 2 is 1.94 bits per heavy atom. The number of carbonyl (C=O) groups excluding carboxylic acids is 1. The van der Waals surface area contributed by atoms with E-state index in [4.69, 9.17) is 9.47 Å². The Bertz CT molecular complexity index is 324. The van der Waals surface area contributed by atoms with Crippen LogP contribution in [0, 0.1) is 0 Å². The summed E-state index contributed by atoms with van der Waals surface area (Å²) in [5.74, 6) is 0. The molecule has 0 unspecified atom stereocenters. The second-order valence-electron chi connectivity index (χ2n) is 4.39. The standard InChI is InChI=1S/C13H17BrO3/c1-2-9(14)4-3-5-10-6-12-13(16-10)7-11(8-15)17-12/h3-5,8,10-13H,2,6-7H2,1H3/b5-3+,9-4+/t10-,11+,12-,13-/m0/s1. The zero-order valence-corrected chi connectivity index (χ0v) is 11.4. The number of carbonyl (C=O) groups is 1. The third-order valence-corrected chi connectivity index (χ3v) is 3.96. The van der Waals surface area contributed by atoms with Crippen LogP contribution in [-0.2, 0) is 14.3 Å². The van der Waals surface area contributed by atoms with Crippen molar-refractivity contribution in [3.63, 3.8) is 0 Å². The summed E-state index contributed by atoms with van der Waals surface area (Å²) in [6.07, 6.45) is 9.55. The van der Waals surface area contributed by atoms with E-state index in [-0.39, 0.29) is 24.4 Å². The van der Waals surface area contributed by atoms with Crippen LogP contribution in [0.4, 0.5) is 0 Å². The molecule has 94 valence electrons. The minimum atomic E-state index is -0.260. The summed E-state index contributed by atoms with van der Waals surface area (Å²) in [5, 5.41) is 0. The molecular formula is C13H17BrO3. The lowest BCUT2D eigenvalue weighted by Gasteiger charge is -2.08. The maximum Gasteiger partial charge on any atom is 0.148 e. The molecule has 0 aromatic carbocycles. The third-order valence-electron chi connectivity index (χ3n) is 3.14. The minimum Gasteiger partial charge on any atom is -0.368 e. The van der Waals surface area contributed by atoms with Gasteiger partial charge in [-0.15, -0.1) is 0 Å². The number of ether oxygens (including phenoxy) is 2. The summed E-state index contributed by atoms with van der Waals surface area (Å²) in [4.78, 5) is 10.6. The van der Waals surface area contributed by atoms with Gasteiger partial charge in [-0.1, -0.05) is 41.1 Å². The molecule has 2 saturated heterocycles. The largest absolute Gasteiger partial charge is 0.368 e. The number of halogens is 1. The first kappa shape index (κ1) is 13.0. The van der Waals surface area contributed by atoms with Gasteiger partial charge in [0, 0.05) is 12.8 Å². The third kappa shape index (κ3) is 3.27. The molecule has 2 fully saturated rings. The fraction of sp³-hybridized carbons (Fsp3) is 0.615. The fourth-order valence-corrected chi connectivity index (χ4v) is 2.37. The van der Waals surface area contributed by atoms with E-state index in [1.165, 1.54) is 4.48 Å². The number of allylic oxidation sites excluding steroid dienone is 3. The van der Waals surface area contributed by atoms with E-state index in [0.717, 1.165) is 19.1 Å². The van der Waals surface area contributed by atoms with Crippen LogP contribution in [0.1, 0.15) is 26.2 Å². The van der Waals surface area contributed by atoms with Gasteiger partial charge in [-0.3, -0.25) is 0 Å². The first-order valence-corrected chi connectivity index (χ1v) is 6.81. The Kier molecular flexibility index (Phi) is 4.54. The number of aldehydes is 1. The smallest absolute Gasteiger partial charge is 0.148 e. The lowest BCUT2D eigenvalue weighted by Crippen LogP contribution is -2.13. The van der Waals surface area contributed by atoms with Gasteiger partial charge in [-0.05, 0) is 10.9 Å². The van der Waals surface area contributed by atoms with Crippen molar-refractivity contribution in [2.24, 2.45) is 0 Å². The quantitative estimate of drug-likeness (QED) is 0.591. The molecule has 0 spiro atoms. The van der Waals surface area contributed by atoms with Crippen molar-refractivity contribution in [2.75, 3.05) is 0 Å². The molecule has 0 bridgehead atoms. The molecule has 0 amide bonds. The summed E-state index contributed by atoms with van der Waals surface area (Å²) < 4.78 is 12.5. The van der Waals surface area contributed by atoms with Crippen LogP contribution in [0.3, 0.4) is 0 Å². The number of hydrogen-bond acceptors (Lipinski definition) is 3. The lowest BCUT2D eigenvalue weighted by molar-refractivity contribution is -0.117. The van der Waals surface area contributed by atoms with Crippen LogP contribution in [0.15, 0.2) is 22.7 Å². The number of rotatable bonds is 4. The highest BCUT2D eigenvalue weighted by atomic mass is 79.9. The van der Waals surface area contributed by atoms with Gasteiger partial charge in [0.05, 0.1) is 18.3 Å². The second-order valence-corrected chi connectivity index (χ2v) is 5.40. The summed E-state index contributed by atoms with van der Waals surface area (Å²) in [6, 6.07) is 0. The van der Waals surface area contributed by atoms with Gasteiger partial charge in [0.1, 0.15) is 12.4 Å². The van der Waals surface area contributed by atoms with E-state index >= 15 is 0 Å². The van der Waals surface area contributed by atoms with Gasteiger partial charge >= 0.3 is 0 Å². The van der Waals surface area contributed by atoms with Crippen LogP contribution in [0.2, 0.25) is 0 Å². The highest BCUT2D eigenvalue weighted by Crippen LogP contribution is 2.33. The molecule has 17 heavy (non-hydrogen) atoms. The molecule has 2 rings (SSSR count). The second kappa shape index (κ2) is 5.94. The Morgan fingerprint density at radius 1 is 1.29 bits per heavy atom. The molecule has 0 aromatic rings. The molecule has 0 radical (unpaired) electrons. The molecule has 4 atom stereocenters. The summed E-state index contributed by atoms with van der Waals surface area (Å²) in [6.45, 7) is 2.10. The van der Waals surface area contributed by atoms with Crippen molar-refractivity contribution in [2.45, 2.75) is 50.6 Å². The number of fused-ring (bicyclic) bond motifs is 1. The average Bonchev–Trinajstić information content (AvgIpc) is 2.86. The van der Waals surface area contributed by atoms with Gasteiger partial charge in [0.2, 0.25) is 0 Å². The highest BCUT2D eigenvalue weighted by Gasteiger charge is 2.42. The first-order chi connectivity index (χ1) is 8.22. The van der Waals surface area contributed by atoms with Gasteiger partial charge in [-0.25, -0.2) is 0 Å². The average molecular weight is 301 g/mol.